The van der Waals surface area contributed by atoms with E-state index in [1.165, 1.54) is 21.7 Å². The van der Waals surface area contributed by atoms with Crippen LogP contribution in [0.25, 0.3) is 0 Å². The molecule has 2 aromatic rings. The van der Waals surface area contributed by atoms with Gasteiger partial charge >= 0.3 is 0 Å². The molecule has 116 valence electrons. The molecular formula is C20H25NS. The summed E-state index contributed by atoms with van der Waals surface area (Å²) < 4.78 is 0. The number of anilines is 1. The topological polar surface area (TPSA) is 3.24 Å². The van der Waals surface area contributed by atoms with Gasteiger partial charge in [-0.1, -0.05) is 68.9 Å². The molecule has 3 rings (SSSR count). The van der Waals surface area contributed by atoms with Crippen LogP contribution in [0.3, 0.4) is 0 Å². The molecule has 1 aliphatic heterocycles. The van der Waals surface area contributed by atoms with Crippen molar-refractivity contribution < 1.29 is 0 Å². The van der Waals surface area contributed by atoms with Gasteiger partial charge in [0.05, 0.1) is 11.1 Å². The highest BCUT2D eigenvalue weighted by Gasteiger charge is 2.25. The largest absolute Gasteiger partial charge is 0.358 e. The van der Waals surface area contributed by atoms with Crippen molar-refractivity contribution in [2.24, 2.45) is 0 Å². The molecule has 1 unspecified atom stereocenters. The first-order valence-electron chi connectivity index (χ1n) is 8.07. The lowest BCUT2D eigenvalue weighted by molar-refractivity contribution is 0.590. The minimum Gasteiger partial charge on any atom is -0.358 e. The van der Waals surface area contributed by atoms with E-state index in [1.807, 2.05) is 11.8 Å². The van der Waals surface area contributed by atoms with Gasteiger partial charge < -0.3 is 4.90 Å². The van der Waals surface area contributed by atoms with E-state index in [0.717, 1.165) is 13.0 Å². The first-order chi connectivity index (χ1) is 10.4. The molecular weight excluding hydrogens is 286 g/mol. The molecule has 0 fully saturated rings. The zero-order chi connectivity index (χ0) is 15.7. The van der Waals surface area contributed by atoms with E-state index in [4.69, 9.17) is 0 Å². The third-order valence-corrected chi connectivity index (χ3v) is 5.57. The Bertz CT molecular complexity index is 640. The lowest BCUT2D eigenvalue weighted by Gasteiger charge is -2.24. The summed E-state index contributed by atoms with van der Waals surface area (Å²) in [5.74, 6) is 0. The maximum Gasteiger partial charge on any atom is 0.0770 e. The van der Waals surface area contributed by atoms with Gasteiger partial charge in [-0.25, -0.2) is 0 Å². The Balaban J connectivity index is 1.68. The van der Waals surface area contributed by atoms with Gasteiger partial charge in [0.25, 0.3) is 0 Å². The second-order valence-electron chi connectivity index (χ2n) is 7.08. The van der Waals surface area contributed by atoms with Crippen LogP contribution in [0.4, 0.5) is 5.69 Å². The molecule has 0 aromatic heterocycles. The summed E-state index contributed by atoms with van der Waals surface area (Å²) >= 11 is 1.97. The molecule has 0 amide bonds. The van der Waals surface area contributed by atoms with Gasteiger partial charge in [-0.15, -0.1) is 0 Å². The molecule has 0 N–H and O–H groups in total. The molecule has 0 aliphatic carbocycles. The number of para-hydroxylation sites is 1. The highest BCUT2D eigenvalue weighted by atomic mass is 32.2. The van der Waals surface area contributed by atoms with Crippen LogP contribution in [0.5, 0.6) is 0 Å². The summed E-state index contributed by atoms with van der Waals surface area (Å²) in [5.41, 5.74) is 4.46. The van der Waals surface area contributed by atoms with E-state index in [2.05, 4.69) is 81.1 Å². The number of hydrogen-bond acceptors (Lipinski definition) is 2. The molecule has 0 saturated heterocycles. The standard InChI is InChI=1S/C20H25NS/c1-15-21(18-7-5-6-8-19(18)22-15)14-13-16-9-11-17(12-10-16)20(2,3)4/h5-12,15H,13-14H2,1-4H3. The maximum atomic E-state index is 2.53. The summed E-state index contributed by atoms with van der Waals surface area (Å²) in [4.78, 5) is 3.94. The Morgan fingerprint density at radius 3 is 2.36 bits per heavy atom. The molecule has 1 aliphatic rings. The first-order valence-corrected chi connectivity index (χ1v) is 8.95. The quantitative estimate of drug-likeness (QED) is 0.738. The Morgan fingerprint density at radius 2 is 1.68 bits per heavy atom. The van der Waals surface area contributed by atoms with Crippen molar-refractivity contribution in [2.75, 3.05) is 11.4 Å². The second-order valence-corrected chi connectivity index (χ2v) is 8.43. The molecule has 2 heteroatoms. The van der Waals surface area contributed by atoms with Crippen molar-refractivity contribution in [3.63, 3.8) is 0 Å². The van der Waals surface area contributed by atoms with Crippen LogP contribution in [0.2, 0.25) is 0 Å². The summed E-state index contributed by atoms with van der Waals surface area (Å²) in [5, 5.41) is 0.534. The summed E-state index contributed by atoms with van der Waals surface area (Å²) in [7, 11) is 0. The third-order valence-electron chi connectivity index (χ3n) is 4.37. The predicted molar refractivity (Wildman–Crippen MR) is 98.0 cm³/mol. The average molecular weight is 311 g/mol. The molecule has 1 nitrogen and oxygen atoms in total. The van der Waals surface area contributed by atoms with Crippen LogP contribution in [0.1, 0.15) is 38.8 Å². The molecule has 1 atom stereocenters. The Kier molecular flexibility index (Phi) is 4.22. The van der Waals surface area contributed by atoms with Crippen molar-refractivity contribution in [1.82, 2.24) is 0 Å². The first kappa shape index (κ1) is 15.5. The summed E-state index contributed by atoms with van der Waals surface area (Å²) in [6.07, 6.45) is 1.10. The van der Waals surface area contributed by atoms with Crippen LogP contribution >= 0.6 is 11.8 Å². The molecule has 1 heterocycles. The van der Waals surface area contributed by atoms with E-state index in [9.17, 15) is 0 Å². The lowest BCUT2D eigenvalue weighted by Crippen LogP contribution is -2.29. The highest BCUT2D eigenvalue weighted by molar-refractivity contribution is 8.00. The number of benzene rings is 2. The molecule has 0 saturated carbocycles. The van der Waals surface area contributed by atoms with Crippen LogP contribution in [-0.4, -0.2) is 11.9 Å². The van der Waals surface area contributed by atoms with E-state index in [1.54, 1.807) is 0 Å². The van der Waals surface area contributed by atoms with Crippen molar-refractivity contribution in [3.8, 4) is 0 Å². The van der Waals surface area contributed by atoms with Crippen molar-refractivity contribution in [3.05, 3.63) is 59.7 Å². The van der Waals surface area contributed by atoms with E-state index >= 15 is 0 Å². The van der Waals surface area contributed by atoms with E-state index in [-0.39, 0.29) is 5.41 Å². The van der Waals surface area contributed by atoms with Crippen molar-refractivity contribution in [2.45, 2.75) is 49.8 Å². The minimum absolute atomic E-state index is 0.234. The maximum absolute atomic E-state index is 2.53. The third kappa shape index (κ3) is 3.17. The smallest absolute Gasteiger partial charge is 0.0770 e. The molecule has 22 heavy (non-hydrogen) atoms. The fraction of sp³-hybridized carbons (Fsp3) is 0.400. The van der Waals surface area contributed by atoms with Crippen LogP contribution in [0, 0.1) is 0 Å². The molecule has 0 radical (unpaired) electrons. The van der Waals surface area contributed by atoms with Crippen LogP contribution in [0.15, 0.2) is 53.4 Å². The molecule has 0 spiro atoms. The van der Waals surface area contributed by atoms with Crippen molar-refractivity contribution >= 4 is 17.4 Å². The minimum atomic E-state index is 0.234. The van der Waals surface area contributed by atoms with Crippen LogP contribution in [-0.2, 0) is 11.8 Å². The predicted octanol–water partition coefficient (Wildman–Crippen LogP) is 5.48. The number of thioether (sulfide) groups is 1. The Morgan fingerprint density at radius 1 is 1.00 bits per heavy atom. The van der Waals surface area contributed by atoms with Crippen LogP contribution < -0.4 is 4.90 Å². The van der Waals surface area contributed by atoms with Gasteiger partial charge in [0, 0.05) is 11.4 Å². The van der Waals surface area contributed by atoms with E-state index in [0.29, 0.717) is 5.37 Å². The number of nitrogens with zero attached hydrogens (tertiary/aromatic N) is 1. The second kappa shape index (κ2) is 6.00. The van der Waals surface area contributed by atoms with Gasteiger partial charge in [-0.3, -0.25) is 0 Å². The van der Waals surface area contributed by atoms with E-state index < -0.39 is 0 Å². The molecule has 0 bridgehead atoms. The average Bonchev–Trinajstić information content (AvgIpc) is 2.80. The molecule has 2 aromatic carbocycles. The monoisotopic (exact) mass is 311 g/mol. The van der Waals surface area contributed by atoms with Gasteiger partial charge in [-0.2, -0.15) is 0 Å². The number of rotatable bonds is 3. The van der Waals surface area contributed by atoms with Gasteiger partial charge in [0.1, 0.15) is 0 Å². The summed E-state index contributed by atoms with van der Waals surface area (Å²) in [6, 6.07) is 17.9. The van der Waals surface area contributed by atoms with Crippen molar-refractivity contribution in [1.29, 1.82) is 0 Å². The fourth-order valence-corrected chi connectivity index (χ4v) is 4.14. The fourth-order valence-electron chi connectivity index (χ4n) is 2.96. The number of fused-ring (bicyclic) bond motifs is 1. The van der Waals surface area contributed by atoms with Gasteiger partial charge in [0.15, 0.2) is 0 Å². The lowest BCUT2D eigenvalue weighted by atomic mass is 9.86. The summed E-state index contributed by atoms with van der Waals surface area (Å²) in [6.45, 7) is 10.2. The SMILES string of the molecule is CC1Sc2ccccc2N1CCc1ccc(C(C)(C)C)cc1. The highest BCUT2D eigenvalue weighted by Crippen LogP contribution is 2.42. The zero-order valence-corrected chi connectivity index (χ0v) is 14.8. The van der Waals surface area contributed by atoms with Gasteiger partial charge in [0.2, 0.25) is 0 Å². The Labute approximate surface area is 138 Å². The normalized spacial score (nSPS) is 17.6. The Hall–Kier alpha value is -1.41. The zero-order valence-electron chi connectivity index (χ0n) is 14.0. The number of hydrogen-bond donors (Lipinski definition) is 0. The van der Waals surface area contributed by atoms with Gasteiger partial charge in [-0.05, 0) is 42.0 Å².